The molecule has 36 heavy (non-hydrogen) atoms. The monoisotopic (exact) mass is 490 g/mol. The van der Waals surface area contributed by atoms with Gasteiger partial charge in [0.25, 0.3) is 5.91 Å². The standard InChI is InChI=1S/C26H30N6O4/c1-31(2)12-5-13-32(26(34)29-19-9-11-23-24(14-19)36-17-35-23)16-18-8-10-22(28-15-18)25(33)30-21-7-4-3-6-20(21)27/h3-4,6-11,14-15H,5,12-13,16-17,27H2,1-2H3,(H,29,34)(H,30,33). The summed E-state index contributed by atoms with van der Waals surface area (Å²) in [5.74, 6) is 0.895. The van der Waals surface area contributed by atoms with Gasteiger partial charge in [0.15, 0.2) is 11.5 Å². The summed E-state index contributed by atoms with van der Waals surface area (Å²) in [4.78, 5) is 33.8. The largest absolute Gasteiger partial charge is 0.454 e. The predicted molar refractivity (Wildman–Crippen MR) is 138 cm³/mol. The van der Waals surface area contributed by atoms with Gasteiger partial charge in [-0.15, -0.1) is 0 Å². The maximum Gasteiger partial charge on any atom is 0.322 e. The van der Waals surface area contributed by atoms with Gasteiger partial charge in [-0.2, -0.15) is 0 Å². The number of rotatable bonds is 9. The second-order valence-corrected chi connectivity index (χ2v) is 8.67. The number of nitrogens with one attached hydrogen (secondary N) is 2. The molecule has 0 radical (unpaired) electrons. The van der Waals surface area contributed by atoms with E-state index >= 15 is 0 Å². The number of benzene rings is 2. The molecule has 0 saturated carbocycles. The van der Waals surface area contributed by atoms with Gasteiger partial charge in [-0.3, -0.25) is 9.78 Å². The summed E-state index contributed by atoms with van der Waals surface area (Å²) in [6, 6.07) is 15.5. The number of carbonyl (C=O) groups excluding carboxylic acids is 2. The zero-order valence-electron chi connectivity index (χ0n) is 20.4. The van der Waals surface area contributed by atoms with Gasteiger partial charge in [-0.1, -0.05) is 18.2 Å². The third kappa shape index (κ3) is 6.42. The molecule has 10 heteroatoms. The molecule has 0 aliphatic carbocycles. The third-order valence-corrected chi connectivity index (χ3v) is 5.58. The van der Waals surface area contributed by atoms with Crippen LogP contribution in [0.4, 0.5) is 21.9 Å². The lowest BCUT2D eigenvalue weighted by Gasteiger charge is -2.24. The van der Waals surface area contributed by atoms with Gasteiger partial charge >= 0.3 is 6.03 Å². The molecule has 3 amide bonds. The fraction of sp³-hybridized carbons (Fsp3) is 0.269. The summed E-state index contributed by atoms with van der Waals surface area (Å²) in [5.41, 5.74) is 8.58. The van der Waals surface area contributed by atoms with E-state index in [9.17, 15) is 9.59 Å². The Morgan fingerprint density at radius 2 is 1.81 bits per heavy atom. The first kappa shape index (κ1) is 24.8. The predicted octanol–water partition coefficient (Wildman–Crippen LogP) is 3.63. The van der Waals surface area contributed by atoms with Crippen LogP contribution in [-0.2, 0) is 6.54 Å². The van der Waals surface area contributed by atoms with Crippen molar-refractivity contribution >= 4 is 29.0 Å². The minimum Gasteiger partial charge on any atom is -0.454 e. The molecule has 0 saturated heterocycles. The number of hydrogen-bond acceptors (Lipinski definition) is 7. The molecule has 4 N–H and O–H groups in total. The number of aromatic nitrogens is 1. The van der Waals surface area contributed by atoms with Crippen molar-refractivity contribution in [2.24, 2.45) is 0 Å². The SMILES string of the molecule is CN(C)CCCN(Cc1ccc(C(=O)Nc2ccccc2N)nc1)C(=O)Nc1ccc2c(c1)OCO2. The van der Waals surface area contributed by atoms with E-state index in [1.54, 1.807) is 65.7 Å². The van der Waals surface area contributed by atoms with E-state index in [2.05, 4.69) is 20.5 Å². The molecule has 0 bridgehead atoms. The van der Waals surface area contributed by atoms with Gasteiger partial charge in [-0.05, 0) is 63.0 Å². The van der Waals surface area contributed by atoms with Crippen molar-refractivity contribution in [1.82, 2.24) is 14.8 Å². The molecule has 0 atom stereocenters. The highest BCUT2D eigenvalue weighted by Crippen LogP contribution is 2.34. The molecular formula is C26H30N6O4. The molecule has 1 aromatic heterocycles. The molecule has 0 fully saturated rings. The molecule has 4 rings (SSSR count). The van der Waals surface area contributed by atoms with Gasteiger partial charge in [0.1, 0.15) is 5.69 Å². The molecule has 1 aliphatic rings. The number of fused-ring (bicyclic) bond motifs is 1. The van der Waals surface area contributed by atoms with Gasteiger partial charge < -0.3 is 35.6 Å². The quantitative estimate of drug-likeness (QED) is 0.392. The Labute approximate surface area is 210 Å². The van der Waals surface area contributed by atoms with Gasteiger partial charge in [0.05, 0.1) is 11.4 Å². The van der Waals surface area contributed by atoms with E-state index in [1.165, 1.54) is 0 Å². The number of nitrogens with two attached hydrogens (primary N) is 1. The molecule has 0 spiro atoms. The number of urea groups is 1. The van der Waals surface area contributed by atoms with Crippen molar-refractivity contribution in [2.75, 3.05) is 50.3 Å². The molecule has 2 aromatic carbocycles. The van der Waals surface area contributed by atoms with Crippen LogP contribution in [0.1, 0.15) is 22.5 Å². The van der Waals surface area contributed by atoms with Crippen LogP contribution < -0.4 is 25.8 Å². The van der Waals surface area contributed by atoms with Crippen molar-refractivity contribution in [1.29, 1.82) is 0 Å². The Morgan fingerprint density at radius 1 is 1.00 bits per heavy atom. The van der Waals surface area contributed by atoms with Crippen LogP contribution in [0, 0.1) is 0 Å². The Balaban J connectivity index is 1.42. The number of ether oxygens (including phenoxy) is 2. The summed E-state index contributed by atoms with van der Waals surface area (Å²) in [7, 11) is 3.99. The highest BCUT2D eigenvalue weighted by molar-refractivity contribution is 6.04. The number of amides is 3. The summed E-state index contributed by atoms with van der Waals surface area (Å²) < 4.78 is 10.7. The van der Waals surface area contributed by atoms with Crippen molar-refractivity contribution in [3.05, 3.63) is 72.1 Å². The van der Waals surface area contributed by atoms with Crippen LogP contribution in [0.2, 0.25) is 0 Å². The van der Waals surface area contributed by atoms with Crippen molar-refractivity contribution in [3.63, 3.8) is 0 Å². The molecule has 10 nitrogen and oxygen atoms in total. The number of nitrogen functional groups attached to an aromatic ring is 1. The molecule has 188 valence electrons. The smallest absolute Gasteiger partial charge is 0.322 e. The normalized spacial score (nSPS) is 11.9. The maximum atomic E-state index is 13.1. The number of nitrogens with zero attached hydrogens (tertiary/aromatic N) is 3. The third-order valence-electron chi connectivity index (χ3n) is 5.58. The van der Waals surface area contributed by atoms with E-state index in [4.69, 9.17) is 15.2 Å². The van der Waals surface area contributed by atoms with E-state index < -0.39 is 0 Å². The van der Waals surface area contributed by atoms with Crippen molar-refractivity contribution in [3.8, 4) is 11.5 Å². The van der Waals surface area contributed by atoms with Crippen LogP contribution in [0.3, 0.4) is 0 Å². The molecule has 1 aliphatic heterocycles. The lowest BCUT2D eigenvalue weighted by Crippen LogP contribution is -2.36. The number of anilines is 3. The minimum absolute atomic E-state index is 0.170. The Morgan fingerprint density at radius 3 is 2.56 bits per heavy atom. The number of hydrogen-bond donors (Lipinski definition) is 3. The zero-order chi connectivity index (χ0) is 25.5. The first-order valence-electron chi connectivity index (χ1n) is 11.6. The van der Waals surface area contributed by atoms with Crippen LogP contribution in [0.25, 0.3) is 0 Å². The summed E-state index contributed by atoms with van der Waals surface area (Å²) >= 11 is 0. The van der Waals surface area contributed by atoms with Crippen LogP contribution in [-0.4, -0.2) is 60.7 Å². The highest BCUT2D eigenvalue weighted by atomic mass is 16.7. The number of carbonyl (C=O) groups is 2. The van der Waals surface area contributed by atoms with E-state index in [1.807, 2.05) is 14.1 Å². The van der Waals surface area contributed by atoms with Crippen molar-refractivity contribution < 1.29 is 19.1 Å². The minimum atomic E-state index is -0.358. The lowest BCUT2D eigenvalue weighted by atomic mass is 10.2. The van der Waals surface area contributed by atoms with Crippen LogP contribution >= 0.6 is 0 Å². The Hall–Kier alpha value is -4.31. The fourth-order valence-electron chi connectivity index (χ4n) is 3.68. The second-order valence-electron chi connectivity index (χ2n) is 8.67. The van der Waals surface area contributed by atoms with E-state index in [0.29, 0.717) is 41.7 Å². The first-order valence-corrected chi connectivity index (χ1v) is 11.6. The Bertz CT molecular complexity index is 1220. The zero-order valence-corrected chi connectivity index (χ0v) is 20.4. The number of para-hydroxylation sites is 2. The second kappa shape index (κ2) is 11.4. The number of pyridine rings is 1. The fourth-order valence-corrected chi connectivity index (χ4v) is 3.68. The van der Waals surface area contributed by atoms with Gasteiger partial charge in [0.2, 0.25) is 6.79 Å². The van der Waals surface area contributed by atoms with E-state index in [-0.39, 0.29) is 24.4 Å². The lowest BCUT2D eigenvalue weighted by molar-refractivity contribution is 0.102. The topological polar surface area (TPSA) is 122 Å². The summed E-state index contributed by atoms with van der Waals surface area (Å²) in [5, 5.41) is 5.70. The molecular weight excluding hydrogens is 460 g/mol. The molecule has 2 heterocycles. The molecule has 0 unspecified atom stereocenters. The van der Waals surface area contributed by atoms with Crippen LogP contribution in [0.5, 0.6) is 11.5 Å². The Kier molecular flexibility index (Phi) is 7.86. The molecule has 3 aromatic rings. The average molecular weight is 491 g/mol. The summed E-state index contributed by atoms with van der Waals surface area (Å²) in [6.07, 6.45) is 2.41. The van der Waals surface area contributed by atoms with Gasteiger partial charge in [-0.25, -0.2) is 4.79 Å². The average Bonchev–Trinajstić information content (AvgIpc) is 3.33. The summed E-state index contributed by atoms with van der Waals surface area (Å²) in [6.45, 7) is 1.89. The van der Waals surface area contributed by atoms with Gasteiger partial charge in [0, 0.05) is 31.0 Å². The first-order chi connectivity index (χ1) is 17.4. The van der Waals surface area contributed by atoms with Crippen molar-refractivity contribution in [2.45, 2.75) is 13.0 Å². The van der Waals surface area contributed by atoms with Crippen LogP contribution in [0.15, 0.2) is 60.8 Å². The maximum absolute atomic E-state index is 13.1. The van der Waals surface area contributed by atoms with E-state index in [0.717, 1.165) is 18.5 Å². The highest BCUT2D eigenvalue weighted by Gasteiger charge is 2.18.